The van der Waals surface area contributed by atoms with Crippen LogP contribution >= 0.6 is 55.8 Å². The standard InChI is InChI=1S/C37H74Cl3ISi/c38-42(39,40)37-35-33-31-29-27-25-23-21-19-17-15-13-11-9-7-5-3-1-2-4-6-8-10-12-14-16-18-20-22-24-26-28-30-32-34-36-41/h1-37H2. The lowest BCUT2D eigenvalue weighted by Crippen LogP contribution is -2.07. The van der Waals surface area contributed by atoms with Gasteiger partial charge in [-0.1, -0.05) is 241 Å². The largest absolute Gasteiger partial charge is 0.341 e. The van der Waals surface area contributed by atoms with Gasteiger partial charge in [-0.3, -0.25) is 0 Å². The van der Waals surface area contributed by atoms with Crippen LogP contribution in [0.5, 0.6) is 0 Å². The van der Waals surface area contributed by atoms with Crippen LogP contribution in [0.3, 0.4) is 0 Å². The van der Waals surface area contributed by atoms with Crippen LogP contribution in [-0.2, 0) is 0 Å². The molecule has 0 amide bonds. The number of hydrogen-bond acceptors (Lipinski definition) is 0. The Kier molecular flexibility index (Phi) is 38.9. The molecule has 42 heavy (non-hydrogen) atoms. The van der Waals surface area contributed by atoms with Gasteiger partial charge in [0.05, 0.1) is 0 Å². The molecule has 0 nitrogen and oxygen atoms in total. The fourth-order valence-corrected chi connectivity index (χ4v) is 8.65. The highest BCUT2D eigenvalue weighted by Crippen LogP contribution is 2.27. The first-order valence-electron chi connectivity index (χ1n) is 19.2. The SMILES string of the molecule is Cl[Si](Cl)(Cl)CCCCCCCCCCCCCCCCCCCCCCCCCCCCCCCCCCCCCI. The topological polar surface area (TPSA) is 0 Å². The van der Waals surface area contributed by atoms with E-state index in [0.29, 0.717) is 0 Å². The van der Waals surface area contributed by atoms with Crippen LogP contribution in [0, 0.1) is 0 Å². The monoisotopic (exact) mass is 778 g/mol. The Morgan fingerprint density at radius 3 is 0.524 bits per heavy atom. The van der Waals surface area contributed by atoms with Gasteiger partial charge in [-0.2, -0.15) is 0 Å². The van der Waals surface area contributed by atoms with Crippen LogP contribution in [0.25, 0.3) is 0 Å². The molecule has 0 aliphatic carbocycles. The highest BCUT2D eigenvalue weighted by molar-refractivity contribution is 14.1. The minimum atomic E-state index is -2.37. The van der Waals surface area contributed by atoms with Gasteiger partial charge in [0.25, 0.3) is 0 Å². The number of hydrogen-bond donors (Lipinski definition) is 0. The first-order chi connectivity index (χ1) is 20.6. The Hall–Kier alpha value is 1.82. The number of unbranched alkanes of at least 4 members (excludes halogenated alkanes) is 34. The van der Waals surface area contributed by atoms with E-state index < -0.39 is 6.00 Å². The van der Waals surface area contributed by atoms with E-state index in [4.69, 9.17) is 33.2 Å². The van der Waals surface area contributed by atoms with Crippen molar-refractivity contribution in [3.8, 4) is 0 Å². The molecular weight excluding hydrogens is 706 g/mol. The molecular formula is C37H74Cl3ISi. The van der Waals surface area contributed by atoms with E-state index in [1.807, 2.05) is 0 Å². The zero-order valence-corrected chi connectivity index (χ0v) is 33.6. The third kappa shape index (κ3) is 41.8. The Bertz CT molecular complexity index is 486. The first-order valence-corrected chi connectivity index (χ1v) is 26.0. The number of halogens is 4. The number of rotatable bonds is 37. The normalized spacial score (nSPS) is 12.0. The maximum Gasteiger partial charge on any atom is 0.341 e. The van der Waals surface area contributed by atoms with Crippen molar-refractivity contribution in [1.29, 1.82) is 0 Å². The zero-order valence-electron chi connectivity index (χ0n) is 28.2. The minimum absolute atomic E-state index is 0.831. The highest BCUT2D eigenvalue weighted by Gasteiger charge is 2.23. The predicted molar refractivity (Wildman–Crippen MR) is 209 cm³/mol. The quantitative estimate of drug-likeness (QED) is 0.0194. The molecule has 0 unspecified atom stereocenters. The summed E-state index contributed by atoms with van der Waals surface area (Å²) in [5, 5.41) is 0. The van der Waals surface area contributed by atoms with Crippen LogP contribution in [0.2, 0.25) is 6.04 Å². The molecule has 0 spiro atoms. The van der Waals surface area contributed by atoms with Gasteiger partial charge < -0.3 is 0 Å². The van der Waals surface area contributed by atoms with Crippen LogP contribution in [0.4, 0.5) is 0 Å². The van der Waals surface area contributed by atoms with E-state index in [2.05, 4.69) is 22.6 Å². The summed E-state index contributed by atoms with van der Waals surface area (Å²) in [5.74, 6) is 0. The summed E-state index contributed by atoms with van der Waals surface area (Å²) in [4.78, 5) is 0. The van der Waals surface area contributed by atoms with Gasteiger partial charge in [-0.05, 0) is 16.9 Å². The van der Waals surface area contributed by atoms with Crippen molar-refractivity contribution in [3.63, 3.8) is 0 Å². The summed E-state index contributed by atoms with van der Waals surface area (Å²) < 4.78 is 1.34. The van der Waals surface area contributed by atoms with Gasteiger partial charge in [0.15, 0.2) is 0 Å². The summed E-state index contributed by atoms with van der Waals surface area (Å²) in [6, 6.07) is -1.54. The lowest BCUT2D eigenvalue weighted by Gasteiger charge is -2.07. The Labute approximate surface area is 295 Å². The molecule has 0 radical (unpaired) electrons. The van der Waals surface area contributed by atoms with Gasteiger partial charge in [0.1, 0.15) is 0 Å². The van der Waals surface area contributed by atoms with Gasteiger partial charge >= 0.3 is 6.00 Å². The van der Waals surface area contributed by atoms with Gasteiger partial charge in [0, 0.05) is 0 Å². The smallest absolute Gasteiger partial charge is 0.126 e. The molecule has 0 saturated carbocycles. The molecule has 0 aromatic heterocycles. The van der Waals surface area contributed by atoms with Crippen molar-refractivity contribution in [3.05, 3.63) is 0 Å². The van der Waals surface area contributed by atoms with Crippen molar-refractivity contribution in [2.24, 2.45) is 0 Å². The van der Waals surface area contributed by atoms with E-state index in [1.165, 1.54) is 223 Å². The summed E-state index contributed by atoms with van der Waals surface area (Å²) in [5.41, 5.74) is 0. The Morgan fingerprint density at radius 1 is 0.238 bits per heavy atom. The molecule has 0 saturated heterocycles. The Balaban J connectivity index is 3.04. The van der Waals surface area contributed by atoms with Crippen molar-refractivity contribution in [2.45, 2.75) is 231 Å². The van der Waals surface area contributed by atoms with E-state index in [-0.39, 0.29) is 0 Å². The molecule has 254 valence electrons. The maximum absolute atomic E-state index is 5.93. The van der Waals surface area contributed by atoms with Gasteiger partial charge in [0.2, 0.25) is 0 Å². The maximum atomic E-state index is 5.93. The van der Waals surface area contributed by atoms with Crippen LogP contribution in [0.1, 0.15) is 225 Å². The van der Waals surface area contributed by atoms with Crippen LogP contribution < -0.4 is 0 Å². The Morgan fingerprint density at radius 2 is 0.381 bits per heavy atom. The molecule has 0 aliphatic rings. The van der Waals surface area contributed by atoms with E-state index in [0.717, 1.165) is 12.5 Å². The van der Waals surface area contributed by atoms with E-state index in [1.54, 1.807) is 0 Å². The van der Waals surface area contributed by atoms with Crippen molar-refractivity contribution in [2.75, 3.05) is 4.43 Å². The van der Waals surface area contributed by atoms with Gasteiger partial charge in [-0.15, -0.1) is 33.2 Å². The highest BCUT2D eigenvalue weighted by atomic mass is 127. The van der Waals surface area contributed by atoms with Crippen LogP contribution in [0.15, 0.2) is 0 Å². The average Bonchev–Trinajstić information content (AvgIpc) is 2.96. The average molecular weight is 780 g/mol. The predicted octanol–water partition coefficient (Wildman–Crippen LogP) is 16.7. The molecule has 0 bridgehead atoms. The second kappa shape index (κ2) is 37.3. The molecule has 0 aromatic carbocycles. The van der Waals surface area contributed by atoms with Crippen molar-refractivity contribution in [1.82, 2.24) is 0 Å². The minimum Gasteiger partial charge on any atom is -0.126 e. The molecule has 0 heterocycles. The molecule has 0 N–H and O–H groups in total. The van der Waals surface area contributed by atoms with Gasteiger partial charge in [-0.25, -0.2) is 0 Å². The lowest BCUT2D eigenvalue weighted by molar-refractivity contribution is 0.511. The summed E-state index contributed by atoms with van der Waals surface area (Å²) >= 11 is 20.3. The molecule has 0 fully saturated rings. The molecule has 5 heteroatoms. The number of alkyl halides is 1. The third-order valence-electron chi connectivity index (χ3n) is 9.09. The molecule has 0 rings (SSSR count). The first kappa shape index (κ1) is 43.8. The molecule has 0 aromatic rings. The van der Waals surface area contributed by atoms with E-state index in [9.17, 15) is 0 Å². The molecule has 0 aliphatic heterocycles. The third-order valence-corrected chi connectivity index (χ3v) is 12.5. The van der Waals surface area contributed by atoms with Crippen LogP contribution in [-0.4, -0.2) is 10.4 Å². The molecule has 0 atom stereocenters. The fraction of sp³-hybridized carbons (Fsp3) is 1.00. The van der Waals surface area contributed by atoms with Crippen molar-refractivity contribution >= 4 is 61.8 Å². The van der Waals surface area contributed by atoms with E-state index >= 15 is 0 Å². The summed E-state index contributed by atoms with van der Waals surface area (Å²) in [6.45, 7) is 0. The fourth-order valence-electron chi connectivity index (χ4n) is 6.25. The summed E-state index contributed by atoms with van der Waals surface area (Å²) in [6.07, 6.45) is 50.5. The van der Waals surface area contributed by atoms with Crippen molar-refractivity contribution < 1.29 is 0 Å². The second-order valence-electron chi connectivity index (χ2n) is 13.4. The summed E-state index contributed by atoms with van der Waals surface area (Å²) in [7, 11) is 0. The lowest BCUT2D eigenvalue weighted by atomic mass is 10.0. The second-order valence-corrected chi connectivity index (χ2v) is 23.8. The zero-order chi connectivity index (χ0) is 30.7.